The molecule has 5 aromatic rings. The number of tetrazole rings is 1. The first-order valence-electron chi connectivity index (χ1n) is 15.0. The number of allylic oxidation sites excluding steroid dienone is 2. The van der Waals surface area contributed by atoms with E-state index in [9.17, 15) is 22.8 Å². The molecule has 3 amide bonds. The molecule has 0 spiro atoms. The van der Waals surface area contributed by atoms with Crippen molar-refractivity contribution in [2.45, 2.75) is 38.4 Å². The number of rotatable bonds is 8. The van der Waals surface area contributed by atoms with Gasteiger partial charge in [-0.1, -0.05) is 65.8 Å². The van der Waals surface area contributed by atoms with Crippen molar-refractivity contribution in [1.29, 1.82) is 0 Å². The summed E-state index contributed by atoms with van der Waals surface area (Å²) >= 11 is 0. The van der Waals surface area contributed by atoms with Crippen molar-refractivity contribution < 1.29 is 22.8 Å². The van der Waals surface area contributed by atoms with E-state index in [4.69, 9.17) is 0 Å². The number of benzene rings is 4. The molecule has 0 fully saturated rings. The van der Waals surface area contributed by atoms with E-state index < -0.39 is 23.7 Å². The van der Waals surface area contributed by atoms with Gasteiger partial charge in [-0.2, -0.15) is 18.4 Å². The summed E-state index contributed by atoms with van der Waals surface area (Å²) in [6.45, 7) is 0.0745. The molecule has 1 aliphatic carbocycles. The van der Waals surface area contributed by atoms with E-state index in [1.54, 1.807) is 54.6 Å². The molecule has 0 saturated heterocycles. The van der Waals surface area contributed by atoms with Gasteiger partial charge >= 0.3 is 12.2 Å². The minimum absolute atomic E-state index is 0.00569. The first kappa shape index (κ1) is 31.2. The Labute approximate surface area is 268 Å². The number of hydrogen-bond acceptors (Lipinski definition) is 5. The molecule has 0 unspecified atom stereocenters. The van der Waals surface area contributed by atoms with Gasteiger partial charge in [0, 0.05) is 16.9 Å². The Morgan fingerprint density at radius 1 is 0.830 bits per heavy atom. The van der Waals surface area contributed by atoms with Crippen molar-refractivity contribution in [3.8, 4) is 11.1 Å². The fraction of sp³-hybridized carbons (Fsp3) is 0.171. The second-order valence-electron chi connectivity index (χ2n) is 11.1. The second kappa shape index (κ2) is 13.7. The van der Waals surface area contributed by atoms with E-state index in [0.717, 1.165) is 43.4 Å². The first-order valence-corrected chi connectivity index (χ1v) is 15.0. The SMILES string of the molecule is O=C(Nc1nn[nH]n1)c1ccc(CN(C(=O)Nc2cc(-c3ccccc3)cc(C(F)(F)F)c2)c2ccc(C3=CCCCC3)cc2)cc1. The predicted octanol–water partition coefficient (Wildman–Crippen LogP) is 8.33. The maximum atomic E-state index is 13.9. The standard InChI is InChI=1S/C35H30F3N7O2/c36-35(37,38)29-19-28(25-9-5-2-6-10-25)20-30(21-29)39-34(47)45(31-17-15-26(16-18-31)24-7-3-1-4-8-24)22-23-11-13-27(14-12-23)32(46)40-33-41-43-44-42-33/h2,5-7,9-21H,1,3-4,8,22H2,(H,39,47)(H2,40,41,42,43,44,46). The van der Waals surface area contributed by atoms with Crippen LogP contribution in [-0.2, 0) is 12.7 Å². The Morgan fingerprint density at radius 3 is 2.26 bits per heavy atom. The smallest absolute Gasteiger partial charge is 0.307 e. The van der Waals surface area contributed by atoms with Gasteiger partial charge in [0.15, 0.2) is 0 Å². The second-order valence-corrected chi connectivity index (χ2v) is 11.1. The average molecular weight is 638 g/mol. The van der Waals surface area contributed by atoms with E-state index in [-0.39, 0.29) is 18.2 Å². The van der Waals surface area contributed by atoms with E-state index in [0.29, 0.717) is 27.9 Å². The molecule has 12 heteroatoms. The number of aromatic amines is 1. The van der Waals surface area contributed by atoms with Crippen molar-refractivity contribution in [2.24, 2.45) is 0 Å². The highest BCUT2D eigenvalue weighted by Gasteiger charge is 2.32. The molecule has 1 aliphatic rings. The summed E-state index contributed by atoms with van der Waals surface area (Å²) in [7, 11) is 0. The van der Waals surface area contributed by atoms with Crippen molar-refractivity contribution in [3.63, 3.8) is 0 Å². The highest BCUT2D eigenvalue weighted by molar-refractivity contribution is 6.04. The van der Waals surface area contributed by atoms with Crippen LogP contribution in [0.5, 0.6) is 0 Å². The predicted molar refractivity (Wildman–Crippen MR) is 174 cm³/mol. The molecule has 3 N–H and O–H groups in total. The average Bonchev–Trinajstić information content (AvgIpc) is 3.61. The van der Waals surface area contributed by atoms with Crippen LogP contribution < -0.4 is 15.5 Å². The summed E-state index contributed by atoms with van der Waals surface area (Å²) in [4.78, 5) is 27.9. The summed E-state index contributed by atoms with van der Waals surface area (Å²) in [6.07, 6.45) is 1.90. The van der Waals surface area contributed by atoms with Gasteiger partial charge in [-0.15, -0.1) is 5.10 Å². The van der Waals surface area contributed by atoms with Gasteiger partial charge in [0.1, 0.15) is 0 Å². The van der Waals surface area contributed by atoms with Crippen molar-refractivity contribution >= 4 is 34.8 Å². The van der Waals surface area contributed by atoms with Gasteiger partial charge in [0.25, 0.3) is 11.9 Å². The lowest BCUT2D eigenvalue weighted by molar-refractivity contribution is -0.137. The molecule has 0 atom stereocenters. The number of H-pyrrole nitrogens is 1. The third kappa shape index (κ3) is 7.72. The third-order valence-electron chi connectivity index (χ3n) is 7.83. The Kier molecular flexibility index (Phi) is 9.09. The van der Waals surface area contributed by atoms with Crippen LogP contribution in [0.15, 0.2) is 103 Å². The lowest BCUT2D eigenvalue weighted by Gasteiger charge is -2.25. The summed E-state index contributed by atoms with van der Waals surface area (Å²) < 4.78 is 41.8. The largest absolute Gasteiger partial charge is 0.416 e. The van der Waals surface area contributed by atoms with Crippen LogP contribution in [0.2, 0.25) is 0 Å². The van der Waals surface area contributed by atoms with Crippen LogP contribution in [0.3, 0.4) is 0 Å². The van der Waals surface area contributed by atoms with E-state index in [2.05, 4.69) is 37.3 Å². The van der Waals surface area contributed by atoms with Crippen LogP contribution in [0.4, 0.5) is 35.3 Å². The molecule has 1 heterocycles. The molecular weight excluding hydrogens is 607 g/mol. The normalized spacial score (nSPS) is 13.0. The zero-order chi connectivity index (χ0) is 32.8. The minimum Gasteiger partial charge on any atom is -0.307 e. The van der Waals surface area contributed by atoms with Crippen LogP contribution in [-0.4, -0.2) is 32.6 Å². The number of anilines is 3. The number of carbonyl (C=O) groups excluding carboxylic acids is 2. The summed E-state index contributed by atoms with van der Waals surface area (Å²) in [6, 6.07) is 25.7. The first-order chi connectivity index (χ1) is 22.7. The Morgan fingerprint density at radius 2 is 1.60 bits per heavy atom. The Hall–Kier alpha value is -5.78. The fourth-order valence-corrected chi connectivity index (χ4v) is 5.42. The number of amides is 3. The van der Waals surface area contributed by atoms with Crippen LogP contribution in [0.25, 0.3) is 16.7 Å². The van der Waals surface area contributed by atoms with Crippen molar-refractivity contribution in [1.82, 2.24) is 20.6 Å². The molecule has 0 saturated carbocycles. The van der Waals surface area contributed by atoms with E-state index in [1.165, 1.54) is 16.5 Å². The monoisotopic (exact) mass is 637 g/mol. The van der Waals surface area contributed by atoms with Gasteiger partial charge in [-0.25, -0.2) is 4.79 Å². The summed E-state index contributed by atoms with van der Waals surface area (Å²) in [5.41, 5.74) is 3.93. The number of nitrogens with one attached hydrogen (secondary N) is 3. The number of nitrogens with zero attached hydrogens (tertiary/aromatic N) is 4. The maximum Gasteiger partial charge on any atom is 0.416 e. The molecular formula is C35H30F3N7O2. The van der Waals surface area contributed by atoms with Crippen LogP contribution in [0.1, 0.15) is 52.7 Å². The maximum absolute atomic E-state index is 13.9. The van der Waals surface area contributed by atoms with Crippen molar-refractivity contribution in [2.75, 3.05) is 15.5 Å². The van der Waals surface area contributed by atoms with E-state index >= 15 is 0 Å². The molecule has 0 radical (unpaired) electrons. The van der Waals surface area contributed by atoms with Crippen LogP contribution in [0, 0.1) is 0 Å². The van der Waals surface area contributed by atoms with Gasteiger partial charge in [0.2, 0.25) is 0 Å². The van der Waals surface area contributed by atoms with Gasteiger partial charge in [0.05, 0.1) is 12.1 Å². The molecule has 0 bridgehead atoms. The lowest BCUT2D eigenvalue weighted by atomic mass is 9.93. The number of halogens is 3. The lowest BCUT2D eigenvalue weighted by Crippen LogP contribution is -2.34. The fourth-order valence-electron chi connectivity index (χ4n) is 5.42. The van der Waals surface area contributed by atoms with Gasteiger partial charge in [-0.3, -0.25) is 15.0 Å². The molecule has 0 aliphatic heterocycles. The summed E-state index contributed by atoms with van der Waals surface area (Å²) in [5, 5.41) is 18.3. The zero-order valence-electron chi connectivity index (χ0n) is 25.1. The molecule has 1 aromatic heterocycles. The van der Waals surface area contributed by atoms with E-state index in [1.807, 2.05) is 24.3 Å². The summed E-state index contributed by atoms with van der Waals surface area (Å²) in [5.74, 6) is -0.418. The molecule has 9 nitrogen and oxygen atoms in total. The zero-order valence-corrected chi connectivity index (χ0v) is 25.1. The third-order valence-corrected chi connectivity index (χ3v) is 7.83. The number of urea groups is 1. The van der Waals surface area contributed by atoms with Gasteiger partial charge < -0.3 is 5.32 Å². The molecule has 4 aromatic carbocycles. The highest BCUT2D eigenvalue weighted by atomic mass is 19.4. The number of aromatic nitrogens is 4. The Bertz CT molecular complexity index is 1870. The Balaban J connectivity index is 1.29. The molecule has 47 heavy (non-hydrogen) atoms. The van der Waals surface area contributed by atoms with Crippen molar-refractivity contribution in [3.05, 3.63) is 125 Å². The van der Waals surface area contributed by atoms with Gasteiger partial charge in [-0.05, 0) is 101 Å². The number of hydrogen-bond donors (Lipinski definition) is 3. The molecule has 238 valence electrons. The quantitative estimate of drug-likeness (QED) is 0.158. The number of alkyl halides is 3. The van der Waals surface area contributed by atoms with Crippen LogP contribution >= 0.6 is 0 Å². The number of carbonyl (C=O) groups is 2. The topological polar surface area (TPSA) is 116 Å². The minimum atomic E-state index is -4.62. The molecule has 6 rings (SSSR count). The highest BCUT2D eigenvalue weighted by Crippen LogP contribution is 2.35.